The molecule has 3 rings (SSSR count). The Balaban J connectivity index is 1.88. The quantitative estimate of drug-likeness (QED) is 0.788. The smallest absolute Gasteiger partial charge is 0.295 e. The number of rotatable bonds is 2. The number of benzene rings is 1. The van der Waals surface area contributed by atoms with Crippen molar-refractivity contribution >= 4 is 34.4 Å². The Morgan fingerprint density at radius 2 is 2.18 bits per heavy atom. The van der Waals surface area contributed by atoms with E-state index in [4.69, 9.17) is 21.3 Å². The van der Waals surface area contributed by atoms with Crippen molar-refractivity contribution in [2.24, 2.45) is 4.99 Å². The van der Waals surface area contributed by atoms with Crippen molar-refractivity contribution in [1.82, 2.24) is 4.90 Å². The summed E-state index contributed by atoms with van der Waals surface area (Å²) in [6, 6.07) is 10.6. The third-order valence-electron chi connectivity index (χ3n) is 3.12. The molecular formula is C15H10ClN3O2S. The van der Waals surface area contributed by atoms with Crippen molar-refractivity contribution in [3.05, 3.63) is 47.2 Å². The van der Waals surface area contributed by atoms with Gasteiger partial charge < -0.3 is 4.42 Å². The molecule has 1 aliphatic rings. The fourth-order valence-corrected chi connectivity index (χ4v) is 3.24. The van der Waals surface area contributed by atoms with E-state index in [0.29, 0.717) is 28.2 Å². The zero-order valence-corrected chi connectivity index (χ0v) is 12.9. The average molecular weight is 332 g/mol. The Bertz CT molecular complexity index is 794. The molecule has 1 amide bonds. The molecule has 1 fully saturated rings. The van der Waals surface area contributed by atoms with Gasteiger partial charge in [0, 0.05) is 17.9 Å². The standard InChI is InChI=1S/C15H10ClN3O2S/c16-11-4-2-1-3-10(11)12-5-6-13(21-12)14(20)19-7-8-22-15(19)18-9-17/h1-6H,7-8H2. The lowest BCUT2D eigenvalue weighted by molar-refractivity contribution is 0.0830. The molecule has 0 N–H and O–H groups in total. The monoisotopic (exact) mass is 331 g/mol. The van der Waals surface area contributed by atoms with Crippen LogP contribution in [0.15, 0.2) is 45.8 Å². The van der Waals surface area contributed by atoms with Gasteiger partial charge in [0.25, 0.3) is 5.91 Å². The van der Waals surface area contributed by atoms with E-state index in [1.807, 2.05) is 18.2 Å². The Labute approximate surface area is 136 Å². The molecule has 1 saturated heterocycles. The van der Waals surface area contributed by atoms with E-state index in [9.17, 15) is 4.79 Å². The highest BCUT2D eigenvalue weighted by Gasteiger charge is 2.29. The molecule has 5 nitrogen and oxygen atoms in total. The number of nitrogens with zero attached hydrogens (tertiary/aromatic N) is 3. The van der Waals surface area contributed by atoms with Gasteiger partial charge in [0.05, 0.1) is 5.02 Å². The molecule has 1 aromatic heterocycles. The predicted octanol–water partition coefficient (Wildman–Crippen LogP) is 3.63. The van der Waals surface area contributed by atoms with Crippen LogP contribution in [0.2, 0.25) is 5.02 Å². The van der Waals surface area contributed by atoms with Crippen LogP contribution in [0.25, 0.3) is 11.3 Å². The number of carbonyl (C=O) groups is 1. The number of hydrogen-bond acceptors (Lipinski definition) is 5. The average Bonchev–Trinajstić information content (AvgIpc) is 3.17. The number of furan rings is 1. The number of amidine groups is 1. The summed E-state index contributed by atoms with van der Waals surface area (Å²) in [7, 11) is 0. The zero-order valence-electron chi connectivity index (χ0n) is 11.3. The van der Waals surface area contributed by atoms with Crippen LogP contribution in [-0.2, 0) is 0 Å². The highest BCUT2D eigenvalue weighted by atomic mass is 35.5. The van der Waals surface area contributed by atoms with Gasteiger partial charge in [0.1, 0.15) is 5.76 Å². The molecule has 0 spiro atoms. The van der Waals surface area contributed by atoms with E-state index in [-0.39, 0.29) is 11.7 Å². The number of carbonyl (C=O) groups excluding carboxylic acids is 1. The van der Waals surface area contributed by atoms with Gasteiger partial charge in [-0.3, -0.25) is 9.69 Å². The second-order valence-electron chi connectivity index (χ2n) is 4.44. The van der Waals surface area contributed by atoms with E-state index in [0.717, 1.165) is 5.56 Å². The maximum absolute atomic E-state index is 12.5. The topological polar surface area (TPSA) is 69.6 Å². The maximum atomic E-state index is 12.5. The van der Waals surface area contributed by atoms with Gasteiger partial charge in [-0.05, 0) is 24.3 Å². The first-order valence-corrected chi connectivity index (χ1v) is 7.83. The van der Waals surface area contributed by atoms with E-state index in [2.05, 4.69) is 4.99 Å². The SMILES string of the molecule is N#CN=C1SCCN1C(=O)c1ccc(-c2ccccc2Cl)o1. The van der Waals surface area contributed by atoms with Crippen LogP contribution < -0.4 is 0 Å². The molecule has 1 aromatic carbocycles. The minimum absolute atomic E-state index is 0.197. The number of nitriles is 1. The molecule has 0 aliphatic carbocycles. The molecule has 22 heavy (non-hydrogen) atoms. The summed E-state index contributed by atoms with van der Waals surface area (Å²) in [5.74, 6) is 1.13. The van der Waals surface area contributed by atoms with Gasteiger partial charge in [-0.2, -0.15) is 5.26 Å². The molecule has 0 saturated carbocycles. The molecule has 0 atom stereocenters. The Morgan fingerprint density at radius 1 is 1.36 bits per heavy atom. The summed E-state index contributed by atoms with van der Waals surface area (Å²) in [5.41, 5.74) is 0.727. The molecule has 0 radical (unpaired) electrons. The molecule has 0 bridgehead atoms. The number of halogens is 1. The lowest BCUT2D eigenvalue weighted by Crippen LogP contribution is -2.31. The van der Waals surface area contributed by atoms with Crippen LogP contribution in [0.1, 0.15) is 10.6 Å². The largest absolute Gasteiger partial charge is 0.451 e. The molecule has 2 aromatic rings. The normalized spacial score (nSPS) is 16.0. The second kappa shape index (κ2) is 6.26. The van der Waals surface area contributed by atoms with Crippen LogP contribution in [0.3, 0.4) is 0 Å². The second-order valence-corrected chi connectivity index (χ2v) is 5.91. The number of aliphatic imine (C=N–C) groups is 1. The first kappa shape index (κ1) is 14.7. The van der Waals surface area contributed by atoms with E-state index in [1.54, 1.807) is 24.4 Å². The van der Waals surface area contributed by atoms with Crippen LogP contribution in [0, 0.1) is 11.5 Å². The molecular weight excluding hydrogens is 322 g/mol. The van der Waals surface area contributed by atoms with Gasteiger partial charge in [0.15, 0.2) is 10.9 Å². The van der Waals surface area contributed by atoms with Crippen molar-refractivity contribution in [1.29, 1.82) is 5.26 Å². The van der Waals surface area contributed by atoms with E-state index < -0.39 is 0 Å². The van der Waals surface area contributed by atoms with Crippen LogP contribution in [-0.4, -0.2) is 28.3 Å². The van der Waals surface area contributed by atoms with Crippen molar-refractivity contribution in [2.45, 2.75) is 0 Å². The van der Waals surface area contributed by atoms with Gasteiger partial charge in [-0.1, -0.05) is 35.5 Å². The van der Waals surface area contributed by atoms with Crippen molar-refractivity contribution in [3.8, 4) is 17.5 Å². The fourth-order valence-electron chi connectivity index (χ4n) is 2.12. The van der Waals surface area contributed by atoms with Gasteiger partial charge in [-0.15, -0.1) is 4.99 Å². The Morgan fingerprint density at radius 3 is 2.95 bits per heavy atom. The van der Waals surface area contributed by atoms with Crippen LogP contribution in [0.5, 0.6) is 0 Å². The Kier molecular flexibility index (Phi) is 4.18. The third-order valence-corrected chi connectivity index (χ3v) is 4.41. The van der Waals surface area contributed by atoms with Gasteiger partial charge >= 0.3 is 0 Å². The highest BCUT2D eigenvalue weighted by molar-refractivity contribution is 8.14. The third kappa shape index (κ3) is 2.73. The summed E-state index contributed by atoms with van der Waals surface area (Å²) < 4.78 is 5.63. The van der Waals surface area contributed by atoms with E-state index in [1.165, 1.54) is 16.7 Å². The molecule has 110 valence electrons. The summed E-state index contributed by atoms with van der Waals surface area (Å²) in [5, 5.41) is 9.61. The minimum Gasteiger partial charge on any atom is -0.451 e. The number of thioether (sulfide) groups is 1. The summed E-state index contributed by atoms with van der Waals surface area (Å²) in [6.07, 6.45) is 1.71. The first-order chi connectivity index (χ1) is 10.7. The lowest BCUT2D eigenvalue weighted by atomic mass is 10.2. The summed E-state index contributed by atoms with van der Waals surface area (Å²) >= 11 is 7.50. The summed E-state index contributed by atoms with van der Waals surface area (Å²) in [4.78, 5) is 17.6. The zero-order chi connectivity index (χ0) is 15.5. The minimum atomic E-state index is -0.308. The first-order valence-electron chi connectivity index (χ1n) is 6.47. The van der Waals surface area contributed by atoms with Crippen molar-refractivity contribution in [3.63, 3.8) is 0 Å². The number of amides is 1. The Hall–Kier alpha value is -2.23. The maximum Gasteiger partial charge on any atom is 0.295 e. The summed E-state index contributed by atoms with van der Waals surface area (Å²) in [6.45, 7) is 0.506. The van der Waals surface area contributed by atoms with Gasteiger partial charge in [-0.25, -0.2) is 0 Å². The fraction of sp³-hybridized carbons (Fsp3) is 0.133. The van der Waals surface area contributed by atoms with Crippen molar-refractivity contribution in [2.75, 3.05) is 12.3 Å². The van der Waals surface area contributed by atoms with Gasteiger partial charge in [0.2, 0.25) is 6.19 Å². The van der Waals surface area contributed by atoms with E-state index >= 15 is 0 Å². The number of hydrogen-bond donors (Lipinski definition) is 0. The van der Waals surface area contributed by atoms with Crippen molar-refractivity contribution < 1.29 is 9.21 Å². The molecule has 0 unspecified atom stereocenters. The molecule has 7 heteroatoms. The highest BCUT2D eigenvalue weighted by Crippen LogP contribution is 2.30. The van der Waals surface area contributed by atoms with Crippen LogP contribution in [0.4, 0.5) is 0 Å². The van der Waals surface area contributed by atoms with Crippen LogP contribution >= 0.6 is 23.4 Å². The predicted molar refractivity (Wildman–Crippen MR) is 85.7 cm³/mol. The lowest BCUT2D eigenvalue weighted by Gasteiger charge is -2.12. The molecule has 1 aliphatic heterocycles. The molecule has 2 heterocycles.